The van der Waals surface area contributed by atoms with E-state index in [0.717, 1.165) is 0 Å². The monoisotopic (exact) mass is 409 g/mol. The molecule has 1 amide bonds. The van der Waals surface area contributed by atoms with E-state index in [1.807, 2.05) is 6.92 Å². The second-order valence-electron chi connectivity index (χ2n) is 5.93. The number of hydrogen-bond acceptors (Lipinski definition) is 7. The molecule has 0 aliphatic carbocycles. The van der Waals surface area contributed by atoms with E-state index in [2.05, 4.69) is 15.5 Å². The first-order chi connectivity index (χ1) is 14.6. The molecule has 0 unspecified atom stereocenters. The maximum atomic E-state index is 12.0. The van der Waals surface area contributed by atoms with Gasteiger partial charge in [-0.25, -0.2) is 10.2 Å². The van der Waals surface area contributed by atoms with Crippen molar-refractivity contribution in [2.75, 3.05) is 6.61 Å². The van der Waals surface area contributed by atoms with Crippen LogP contribution in [0.3, 0.4) is 0 Å². The fourth-order valence-electron chi connectivity index (χ4n) is 2.45. The molecule has 2 N–H and O–H groups in total. The number of amides is 1. The van der Waals surface area contributed by atoms with Crippen molar-refractivity contribution < 1.29 is 28.6 Å². The lowest BCUT2D eigenvalue weighted by atomic mass is 10.2. The third-order valence-corrected chi connectivity index (χ3v) is 3.83. The third kappa shape index (κ3) is 5.44. The van der Waals surface area contributed by atoms with Crippen LogP contribution in [0.1, 0.15) is 39.2 Å². The number of pyridine rings is 1. The Balaban J connectivity index is 1.65. The number of benzene rings is 1. The Morgan fingerprint density at radius 3 is 2.63 bits per heavy atom. The Hall–Kier alpha value is -4.14. The van der Waals surface area contributed by atoms with Gasteiger partial charge < -0.3 is 19.0 Å². The number of carboxylic acid groups (broad SMARTS) is 1. The van der Waals surface area contributed by atoms with Crippen molar-refractivity contribution in [3.8, 4) is 11.5 Å². The SMILES string of the molecule is CCOc1cc(C=NNC(=O)c2ccncc2)ccc1OCc1ccc(C(=O)O)o1. The smallest absolute Gasteiger partial charge is 0.371 e. The summed E-state index contributed by atoms with van der Waals surface area (Å²) in [6.45, 7) is 2.30. The number of nitrogens with one attached hydrogen (secondary N) is 1. The second kappa shape index (κ2) is 9.87. The number of nitrogens with zero attached hydrogens (tertiary/aromatic N) is 2. The minimum Gasteiger partial charge on any atom is -0.490 e. The maximum Gasteiger partial charge on any atom is 0.371 e. The Labute approximate surface area is 172 Å². The fourth-order valence-corrected chi connectivity index (χ4v) is 2.45. The molecule has 9 heteroatoms. The fraction of sp³-hybridized carbons (Fsp3) is 0.143. The molecular formula is C21H19N3O6. The van der Waals surface area contributed by atoms with E-state index in [9.17, 15) is 9.59 Å². The first-order valence-electron chi connectivity index (χ1n) is 9.02. The summed E-state index contributed by atoms with van der Waals surface area (Å²) in [5, 5.41) is 12.9. The van der Waals surface area contributed by atoms with E-state index in [1.165, 1.54) is 30.7 Å². The van der Waals surface area contributed by atoms with Gasteiger partial charge in [0.1, 0.15) is 12.4 Å². The van der Waals surface area contributed by atoms with Crippen molar-refractivity contribution in [3.05, 3.63) is 77.5 Å². The lowest BCUT2D eigenvalue weighted by Crippen LogP contribution is -2.17. The standard InChI is InChI=1S/C21H19N3O6/c1-2-28-19-11-14(12-23-24-20(25)15-7-9-22-10-8-15)3-5-17(19)29-13-16-4-6-18(30-16)21(26)27/h3-12H,2,13H2,1H3,(H,24,25)(H,26,27). The number of carboxylic acids is 1. The molecule has 0 atom stereocenters. The van der Waals surface area contributed by atoms with Gasteiger partial charge in [-0.1, -0.05) is 0 Å². The molecule has 3 rings (SSSR count). The molecule has 0 saturated heterocycles. The Kier molecular flexibility index (Phi) is 6.78. The summed E-state index contributed by atoms with van der Waals surface area (Å²) in [5.41, 5.74) is 3.58. The van der Waals surface area contributed by atoms with Crippen molar-refractivity contribution in [1.82, 2.24) is 10.4 Å². The minimum absolute atomic E-state index is 0.0444. The van der Waals surface area contributed by atoms with Crippen LogP contribution in [0.15, 0.2) is 64.4 Å². The van der Waals surface area contributed by atoms with Crippen LogP contribution in [-0.4, -0.2) is 34.8 Å². The lowest BCUT2D eigenvalue weighted by molar-refractivity contribution is 0.0657. The molecule has 9 nitrogen and oxygen atoms in total. The number of aromatic nitrogens is 1. The van der Waals surface area contributed by atoms with Gasteiger partial charge in [0, 0.05) is 18.0 Å². The maximum absolute atomic E-state index is 12.0. The van der Waals surface area contributed by atoms with E-state index in [0.29, 0.717) is 35.0 Å². The average molecular weight is 409 g/mol. The van der Waals surface area contributed by atoms with E-state index >= 15 is 0 Å². The predicted octanol–water partition coefficient (Wildman–Crippen LogP) is 3.11. The molecule has 1 aromatic carbocycles. The first-order valence-corrected chi connectivity index (χ1v) is 9.02. The Bertz CT molecular complexity index is 1050. The van der Waals surface area contributed by atoms with Crippen molar-refractivity contribution in [3.63, 3.8) is 0 Å². The van der Waals surface area contributed by atoms with E-state index in [1.54, 1.807) is 30.3 Å². The summed E-state index contributed by atoms with van der Waals surface area (Å²) in [6, 6.07) is 11.2. The molecule has 0 fully saturated rings. The molecule has 2 aromatic heterocycles. The molecule has 0 spiro atoms. The van der Waals surface area contributed by atoms with Gasteiger partial charge in [-0.2, -0.15) is 5.10 Å². The van der Waals surface area contributed by atoms with Crippen LogP contribution < -0.4 is 14.9 Å². The summed E-state index contributed by atoms with van der Waals surface area (Å²) in [4.78, 5) is 26.7. The summed E-state index contributed by atoms with van der Waals surface area (Å²) in [5.74, 6) is -0.331. The number of hydrogen-bond donors (Lipinski definition) is 2. The topological polar surface area (TPSA) is 123 Å². The Morgan fingerprint density at radius 1 is 1.13 bits per heavy atom. The summed E-state index contributed by atoms with van der Waals surface area (Å²) in [6.07, 6.45) is 4.53. The number of carbonyl (C=O) groups is 2. The summed E-state index contributed by atoms with van der Waals surface area (Å²) in [7, 11) is 0. The molecule has 3 aromatic rings. The van der Waals surface area contributed by atoms with E-state index in [4.69, 9.17) is 19.0 Å². The highest BCUT2D eigenvalue weighted by Crippen LogP contribution is 2.29. The van der Waals surface area contributed by atoms with Gasteiger partial charge in [-0.3, -0.25) is 9.78 Å². The van der Waals surface area contributed by atoms with Crippen LogP contribution in [0.25, 0.3) is 0 Å². The van der Waals surface area contributed by atoms with Gasteiger partial charge in [-0.05, 0) is 55.0 Å². The highest BCUT2D eigenvalue weighted by atomic mass is 16.5. The first kappa shape index (κ1) is 20.6. The highest BCUT2D eigenvalue weighted by Gasteiger charge is 2.11. The number of carbonyl (C=O) groups excluding carboxylic acids is 1. The molecule has 0 aliphatic heterocycles. The molecule has 154 valence electrons. The number of aromatic carboxylic acids is 1. The zero-order chi connectivity index (χ0) is 21.3. The van der Waals surface area contributed by atoms with Gasteiger partial charge in [0.05, 0.1) is 12.8 Å². The quantitative estimate of drug-likeness (QED) is 0.411. The van der Waals surface area contributed by atoms with Gasteiger partial charge in [0.15, 0.2) is 11.5 Å². The van der Waals surface area contributed by atoms with Gasteiger partial charge >= 0.3 is 5.97 Å². The molecule has 30 heavy (non-hydrogen) atoms. The van der Waals surface area contributed by atoms with Gasteiger partial charge in [-0.15, -0.1) is 0 Å². The molecule has 2 heterocycles. The number of hydrazone groups is 1. The molecule has 0 bridgehead atoms. The number of furan rings is 1. The molecule has 0 saturated carbocycles. The van der Waals surface area contributed by atoms with Crippen molar-refractivity contribution in [2.45, 2.75) is 13.5 Å². The van der Waals surface area contributed by atoms with Crippen LogP contribution >= 0.6 is 0 Å². The Morgan fingerprint density at radius 2 is 1.93 bits per heavy atom. The van der Waals surface area contributed by atoms with Crippen molar-refractivity contribution >= 4 is 18.1 Å². The number of rotatable bonds is 9. The summed E-state index contributed by atoms with van der Waals surface area (Å²) < 4.78 is 16.5. The van der Waals surface area contributed by atoms with E-state index in [-0.39, 0.29) is 18.3 Å². The molecule has 0 radical (unpaired) electrons. The van der Waals surface area contributed by atoms with Crippen molar-refractivity contribution in [2.24, 2.45) is 5.10 Å². The second-order valence-corrected chi connectivity index (χ2v) is 5.93. The minimum atomic E-state index is -1.14. The predicted molar refractivity (Wildman–Crippen MR) is 107 cm³/mol. The van der Waals surface area contributed by atoms with Gasteiger partial charge in [0.2, 0.25) is 5.76 Å². The zero-order valence-corrected chi connectivity index (χ0v) is 16.1. The normalized spacial score (nSPS) is 10.7. The van der Waals surface area contributed by atoms with Crippen LogP contribution in [0.2, 0.25) is 0 Å². The van der Waals surface area contributed by atoms with Crippen LogP contribution in [-0.2, 0) is 6.61 Å². The average Bonchev–Trinajstić information content (AvgIpc) is 3.23. The van der Waals surface area contributed by atoms with Crippen LogP contribution in [0.4, 0.5) is 0 Å². The number of ether oxygens (including phenoxy) is 2. The van der Waals surface area contributed by atoms with Crippen LogP contribution in [0.5, 0.6) is 11.5 Å². The third-order valence-electron chi connectivity index (χ3n) is 3.83. The highest BCUT2D eigenvalue weighted by molar-refractivity contribution is 5.94. The van der Waals surface area contributed by atoms with Gasteiger partial charge in [0.25, 0.3) is 5.91 Å². The van der Waals surface area contributed by atoms with E-state index < -0.39 is 5.97 Å². The lowest BCUT2D eigenvalue weighted by Gasteiger charge is -2.11. The largest absolute Gasteiger partial charge is 0.490 e. The zero-order valence-electron chi connectivity index (χ0n) is 16.1. The molecular weight excluding hydrogens is 390 g/mol. The van der Waals surface area contributed by atoms with Crippen molar-refractivity contribution in [1.29, 1.82) is 0 Å². The molecule has 0 aliphatic rings. The summed E-state index contributed by atoms with van der Waals surface area (Å²) >= 11 is 0. The van der Waals surface area contributed by atoms with Crippen LogP contribution in [0, 0.1) is 0 Å².